The second kappa shape index (κ2) is 12.9. The second-order valence-corrected chi connectivity index (χ2v) is 12.8. The molecule has 6 rings (SSSR count). The quantitative estimate of drug-likeness (QED) is 0.270. The van der Waals surface area contributed by atoms with Crippen molar-refractivity contribution in [2.75, 3.05) is 81.7 Å². The molecule has 0 saturated carbocycles. The number of piperidine rings is 1. The third-order valence-electron chi connectivity index (χ3n) is 9.02. The van der Waals surface area contributed by atoms with Crippen molar-refractivity contribution in [1.29, 1.82) is 0 Å². The van der Waals surface area contributed by atoms with Crippen LogP contribution in [-0.4, -0.2) is 108 Å². The highest BCUT2D eigenvalue weighted by molar-refractivity contribution is 14.1. The number of rotatable bonds is 6. The molecule has 0 radical (unpaired) electrons. The lowest BCUT2D eigenvalue weighted by atomic mass is 10.0. The summed E-state index contributed by atoms with van der Waals surface area (Å²) in [6.45, 7) is 8.49. The van der Waals surface area contributed by atoms with Crippen LogP contribution in [0.25, 0.3) is 0 Å². The van der Waals surface area contributed by atoms with Crippen molar-refractivity contribution in [3.05, 3.63) is 59.8 Å². The Morgan fingerprint density at radius 1 is 1.00 bits per heavy atom. The third-order valence-corrected chi connectivity index (χ3v) is 9.98. The molecule has 2 fully saturated rings. The van der Waals surface area contributed by atoms with Gasteiger partial charge >= 0.3 is 0 Å². The van der Waals surface area contributed by atoms with Crippen molar-refractivity contribution in [2.45, 2.75) is 25.8 Å². The number of halogens is 1. The van der Waals surface area contributed by atoms with E-state index in [0.717, 1.165) is 63.5 Å². The maximum Gasteiger partial charge on any atom is 0.260 e. The van der Waals surface area contributed by atoms with E-state index in [9.17, 15) is 9.59 Å². The molecular formula is C32H39IN8O3. The second-order valence-electron chi connectivity index (χ2n) is 11.4. The maximum absolute atomic E-state index is 13.6. The third kappa shape index (κ3) is 5.70. The molecule has 0 atom stereocenters. The summed E-state index contributed by atoms with van der Waals surface area (Å²) in [4.78, 5) is 46.4. The van der Waals surface area contributed by atoms with Gasteiger partial charge < -0.3 is 24.3 Å². The van der Waals surface area contributed by atoms with Crippen LogP contribution in [0, 0.1) is 0 Å². The maximum atomic E-state index is 13.6. The first-order valence-corrected chi connectivity index (χ1v) is 16.1. The van der Waals surface area contributed by atoms with Gasteiger partial charge in [-0.05, 0) is 50.1 Å². The van der Waals surface area contributed by atoms with Crippen LogP contribution < -0.4 is 19.4 Å². The monoisotopic (exact) mass is 710 g/mol. The van der Waals surface area contributed by atoms with Gasteiger partial charge in [-0.15, -0.1) is 0 Å². The highest BCUT2D eigenvalue weighted by Gasteiger charge is 2.31. The first-order valence-electron chi connectivity index (χ1n) is 15.2. The summed E-state index contributed by atoms with van der Waals surface area (Å²) < 4.78 is 8.17. The molecule has 232 valence electrons. The molecule has 11 nitrogen and oxygen atoms in total. The van der Waals surface area contributed by atoms with Crippen LogP contribution in [0.1, 0.15) is 40.5 Å². The van der Waals surface area contributed by atoms with Crippen LogP contribution in [0.3, 0.4) is 0 Å². The van der Waals surface area contributed by atoms with Crippen LogP contribution >= 0.6 is 22.9 Å². The lowest BCUT2D eigenvalue weighted by Gasteiger charge is -2.41. The molecule has 1 aromatic heterocycles. The van der Waals surface area contributed by atoms with E-state index >= 15 is 0 Å². The number of carbonyl (C=O) groups excluding carboxylic acids is 2. The first-order chi connectivity index (χ1) is 21.3. The summed E-state index contributed by atoms with van der Waals surface area (Å²) in [6.07, 6.45) is 3.69. The van der Waals surface area contributed by atoms with Gasteiger partial charge in [-0.2, -0.15) is 4.98 Å². The zero-order valence-electron chi connectivity index (χ0n) is 25.7. The molecule has 0 N–H and O–H groups in total. The number of likely N-dealkylation sites (tertiary alicyclic amines) is 1. The van der Waals surface area contributed by atoms with E-state index in [1.165, 1.54) is 0 Å². The summed E-state index contributed by atoms with van der Waals surface area (Å²) in [7, 11) is 5.27. The fourth-order valence-corrected chi connectivity index (χ4v) is 6.89. The van der Waals surface area contributed by atoms with Gasteiger partial charge in [0.15, 0.2) is 5.82 Å². The minimum Gasteiger partial charge on any atom is -0.495 e. The van der Waals surface area contributed by atoms with E-state index in [1.807, 2.05) is 71.1 Å². The number of hydrogen-bond acceptors (Lipinski definition) is 9. The van der Waals surface area contributed by atoms with Crippen molar-refractivity contribution < 1.29 is 14.3 Å². The zero-order chi connectivity index (χ0) is 31.0. The number of benzene rings is 2. The first kappa shape index (κ1) is 30.5. The van der Waals surface area contributed by atoms with Crippen LogP contribution in [0.15, 0.2) is 48.7 Å². The molecule has 12 heteroatoms. The Morgan fingerprint density at radius 2 is 1.73 bits per heavy atom. The van der Waals surface area contributed by atoms with Crippen LogP contribution in [0.2, 0.25) is 0 Å². The number of hydrogen-bond donors (Lipinski definition) is 0. The zero-order valence-corrected chi connectivity index (χ0v) is 27.9. The predicted octanol–water partition coefficient (Wildman–Crippen LogP) is 4.57. The lowest BCUT2D eigenvalue weighted by Crippen LogP contribution is -2.52. The summed E-state index contributed by atoms with van der Waals surface area (Å²) in [6, 6.07) is 13.7. The summed E-state index contributed by atoms with van der Waals surface area (Å²) in [5, 5.41) is 0. The fourth-order valence-electron chi connectivity index (χ4n) is 6.45. The lowest BCUT2D eigenvalue weighted by molar-refractivity contribution is 0.0576. The Bertz CT molecular complexity index is 1540. The minimum atomic E-state index is -0.111. The number of ether oxygens (including phenoxy) is 1. The highest BCUT2D eigenvalue weighted by atomic mass is 127. The smallest absolute Gasteiger partial charge is 0.260 e. The molecule has 3 aromatic rings. The van der Waals surface area contributed by atoms with Gasteiger partial charge in [-0.25, -0.2) is 8.10 Å². The number of carbonyl (C=O) groups is 2. The molecule has 2 amide bonds. The van der Waals surface area contributed by atoms with E-state index in [2.05, 4.69) is 35.9 Å². The van der Waals surface area contributed by atoms with Crippen LogP contribution in [0.5, 0.6) is 5.75 Å². The minimum absolute atomic E-state index is 0.0303. The average molecular weight is 711 g/mol. The molecule has 0 unspecified atom stereocenters. The van der Waals surface area contributed by atoms with Gasteiger partial charge in [0.1, 0.15) is 11.4 Å². The number of methoxy groups -OCH3 is 1. The van der Waals surface area contributed by atoms with Gasteiger partial charge in [0.05, 0.1) is 30.2 Å². The standard InChI is InChI=1S/C32H39IN8O3/c1-5-41(32-34-21-27-29(35-32)36(2)25-9-7-6-8-24(25)31(43)37(27)3)26-11-10-22(20-28(26)44-4)30(42)39-14-12-23(13-15-39)38-16-18-40(33)19-17-38/h6-11,20-21,23H,5,12-19H2,1-4H3. The summed E-state index contributed by atoms with van der Waals surface area (Å²) in [5.41, 5.74) is 3.38. The number of anilines is 5. The van der Waals surface area contributed by atoms with E-state index < -0.39 is 0 Å². The van der Waals surface area contributed by atoms with Gasteiger partial charge in [-0.1, -0.05) is 12.1 Å². The molecule has 44 heavy (non-hydrogen) atoms. The van der Waals surface area contributed by atoms with E-state index in [0.29, 0.717) is 46.9 Å². The molecule has 3 aliphatic heterocycles. The number of para-hydroxylation sites is 1. The molecular weight excluding hydrogens is 671 g/mol. The Balaban J connectivity index is 1.22. The largest absolute Gasteiger partial charge is 0.495 e. The van der Waals surface area contributed by atoms with E-state index in [1.54, 1.807) is 25.3 Å². The fraction of sp³-hybridized carbons (Fsp3) is 0.438. The Morgan fingerprint density at radius 3 is 2.43 bits per heavy atom. The molecule has 0 bridgehead atoms. The molecule has 2 aromatic carbocycles. The van der Waals surface area contributed by atoms with Crippen LogP contribution in [0.4, 0.5) is 28.8 Å². The molecule has 0 aliphatic carbocycles. The van der Waals surface area contributed by atoms with Gasteiger partial charge in [-0.3, -0.25) is 14.5 Å². The Kier molecular flexibility index (Phi) is 8.92. The Labute approximate surface area is 272 Å². The number of aromatic nitrogens is 2. The average Bonchev–Trinajstić information content (AvgIpc) is 3.14. The predicted molar refractivity (Wildman–Crippen MR) is 181 cm³/mol. The number of amides is 2. The SMILES string of the molecule is CCN(c1ncc2c(n1)N(C)c1ccccc1C(=O)N2C)c1ccc(C(=O)N2CCC(N3CCN(I)CC3)CC2)cc1OC. The summed E-state index contributed by atoms with van der Waals surface area (Å²) in [5.74, 6) is 1.59. The van der Waals surface area contributed by atoms with Gasteiger partial charge in [0.2, 0.25) is 5.95 Å². The molecule has 3 aliphatic rings. The van der Waals surface area contributed by atoms with Crippen molar-refractivity contribution in [3.8, 4) is 5.75 Å². The number of fused-ring (bicyclic) bond motifs is 2. The van der Waals surface area contributed by atoms with Gasteiger partial charge in [0, 0.05) is 94.4 Å². The molecule has 4 heterocycles. The normalized spacial score (nSPS) is 18.1. The molecule has 0 spiro atoms. The van der Waals surface area contributed by atoms with Crippen molar-refractivity contribution in [3.63, 3.8) is 0 Å². The summed E-state index contributed by atoms with van der Waals surface area (Å²) >= 11 is 2.40. The van der Waals surface area contributed by atoms with E-state index in [-0.39, 0.29) is 11.8 Å². The van der Waals surface area contributed by atoms with Crippen molar-refractivity contribution in [1.82, 2.24) is 22.9 Å². The van der Waals surface area contributed by atoms with Crippen molar-refractivity contribution >= 4 is 63.5 Å². The van der Waals surface area contributed by atoms with E-state index in [4.69, 9.17) is 9.72 Å². The van der Waals surface area contributed by atoms with Crippen LogP contribution in [-0.2, 0) is 0 Å². The van der Waals surface area contributed by atoms with Gasteiger partial charge in [0.25, 0.3) is 11.8 Å². The number of piperazine rings is 1. The topological polar surface area (TPSA) is 88.6 Å². The Hall–Kier alpha value is -3.49. The molecule has 2 saturated heterocycles. The highest BCUT2D eigenvalue weighted by Crippen LogP contribution is 2.40. The number of nitrogens with zero attached hydrogens (tertiary/aromatic N) is 8. The van der Waals surface area contributed by atoms with Crippen molar-refractivity contribution in [2.24, 2.45) is 0 Å².